The molecular formula is C27H23ClN2O6S. The molecule has 1 amide bonds. The SMILES string of the molecule is C=CCOc1ccc(/C(O)=C2\C(=O)C(=O)N(c3nc(C)c(C(=O)OCC)s3)C2c2ccc(Cl)cc2)cc1. The van der Waals surface area contributed by atoms with Gasteiger partial charge >= 0.3 is 11.9 Å². The summed E-state index contributed by atoms with van der Waals surface area (Å²) in [6, 6.07) is 12.0. The van der Waals surface area contributed by atoms with Gasteiger partial charge in [-0.05, 0) is 55.8 Å². The highest BCUT2D eigenvalue weighted by molar-refractivity contribution is 7.17. The first-order valence-corrected chi connectivity index (χ1v) is 12.5. The van der Waals surface area contributed by atoms with Crippen molar-refractivity contribution in [3.63, 3.8) is 0 Å². The number of amides is 1. The van der Waals surface area contributed by atoms with Crippen LogP contribution in [0.2, 0.25) is 5.02 Å². The number of carbonyl (C=O) groups is 3. The average Bonchev–Trinajstić information content (AvgIpc) is 3.40. The van der Waals surface area contributed by atoms with Crippen molar-refractivity contribution in [1.29, 1.82) is 0 Å². The highest BCUT2D eigenvalue weighted by atomic mass is 35.5. The summed E-state index contributed by atoms with van der Waals surface area (Å²) < 4.78 is 10.6. The molecule has 1 aliphatic rings. The number of aryl methyl sites for hydroxylation is 1. The largest absolute Gasteiger partial charge is 0.507 e. The molecule has 1 N–H and O–H groups in total. The van der Waals surface area contributed by atoms with Crippen molar-refractivity contribution in [1.82, 2.24) is 4.98 Å². The van der Waals surface area contributed by atoms with Crippen LogP contribution in [0.5, 0.6) is 5.75 Å². The summed E-state index contributed by atoms with van der Waals surface area (Å²) >= 11 is 7.02. The smallest absolute Gasteiger partial charge is 0.350 e. The summed E-state index contributed by atoms with van der Waals surface area (Å²) in [5.41, 5.74) is 1.11. The summed E-state index contributed by atoms with van der Waals surface area (Å²) in [4.78, 5) is 44.8. The lowest BCUT2D eigenvalue weighted by Crippen LogP contribution is -2.29. The van der Waals surface area contributed by atoms with E-state index in [1.54, 1.807) is 68.5 Å². The molecule has 4 rings (SSSR count). The monoisotopic (exact) mass is 538 g/mol. The number of ketones is 1. The number of halogens is 1. The second-order valence-corrected chi connectivity index (χ2v) is 9.39. The van der Waals surface area contributed by atoms with Gasteiger partial charge in [0.25, 0.3) is 5.78 Å². The van der Waals surface area contributed by atoms with Crippen molar-refractivity contribution in [3.05, 3.63) is 93.5 Å². The van der Waals surface area contributed by atoms with Gasteiger partial charge in [0.2, 0.25) is 0 Å². The van der Waals surface area contributed by atoms with E-state index in [0.29, 0.717) is 34.2 Å². The number of carbonyl (C=O) groups excluding carboxylic acids is 3. The van der Waals surface area contributed by atoms with Crippen LogP contribution in [0, 0.1) is 6.92 Å². The highest BCUT2D eigenvalue weighted by Crippen LogP contribution is 2.44. The molecule has 1 aliphatic heterocycles. The van der Waals surface area contributed by atoms with Gasteiger partial charge in [0, 0.05) is 10.6 Å². The molecule has 0 aliphatic carbocycles. The molecule has 0 spiro atoms. The first-order chi connectivity index (χ1) is 17.8. The zero-order valence-electron chi connectivity index (χ0n) is 20.1. The number of hydrogen-bond acceptors (Lipinski definition) is 8. The predicted molar refractivity (Wildman–Crippen MR) is 141 cm³/mol. The third kappa shape index (κ3) is 5.14. The molecular weight excluding hydrogens is 516 g/mol. The first kappa shape index (κ1) is 26.1. The minimum absolute atomic E-state index is 0.113. The fourth-order valence-corrected chi connectivity index (χ4v) is 4.99. The molecule has 0 saturated carbocycles. The predicted octanol–water partition coefficient (Wildman–Crippen LogP) is 5.47. The van der Waals surface area contributed by atoms with Crippen molar-refractivity contribution in [3.8, 4) is 5.75 Å². The third-order valence-electron chi connectivity index (χ3n) is 5.58. The lowest BCUT2D eigenvalue weighted by molar-refractivity contribution is -0.132. The second kappa shape index (κ2) is 11.0. The number of nitrogens with zero attached hydrogens (tertiary/aromatic N) is 2. The van der Waals surface area contributed by atoms with E-state index in [0.717, 1.165) is 11.3 Å². The zero-order chi connectivity index (χ0) is 26.7. The summed E-state index contributed by atoms with van der Waals surface area (Å²) in [6.07, 6.45) is 1.61. The third-order valence-corrected chi connectivity index (χ3v) is 6.97. The normalized spacial score (nSPS) is 16.6. The van der Waals surface area contributed by atoms with Crippen LogP contribution in [0.4, 0.5) is 5.13 Å². The van der Waals surface area contributed by atoms with Crippen LogP contribution in [0.1, 0.15) is 39.5 Å². The summed E-state index contributed by atoms with van der Waals surface area (Å²) in [6.45, 7) is 7.41. The van der Waals surface area contributed by atoms with Gasteiger partial charge in [0.15, 0.2) is 5.13 Å². The van der Waals surface area contributed by atoms with Crippen LogP contribution >= 0.6 is 22.9 Å². The van der Waals surface area contributed by atoms with Gasteiger partial charge < -0.3 is 14.6 Å². The number of aliphatic hydroxyl groups is 1. The molecule has 1 unspecified atom stereocenters. The number of thiazole rings is 1. The van der Waals surface area contributed by atoms with Crippen LogP contribution in [0.15, 0.2) is 66.8 Å². The Morgan fingerprint density at radius 1 is 1.19 bits per heavy atom. The number of ether oxygens (including phenoxy) is 2. The minimum Gasteiger partial charge on any atom is -0.507 e. The topological polar surface area (TPSA) is 106 Å². The number of esters is 1. The maximum Gasteiger partial charge on any atom is 0.350 e. The van der Waals surface area contributed by atoms with Crippen molar-refractivity contribution in [2.75, 3.05) is 18.1 Å². The maximum absolute atomic E-state index is 13.3. The lowest BCUT2D eigenvalue weighted by Gasteiger charge is -2.23. The molecule has 1 fully saturated rings. The summed E-state index contributed by atoms with van der Waals surface area (Å²) in [5, 5.41) is 11.8. The Bertz CT molecular complexity index is 1400. The fourth-order valence-electron chi connectivity index (χ4n) is 3.88. The molecule has 0 bridgehead atoms. The molecule has 1 saturated heterocycles. The Morgan fingerprint density at radius 2 is 1.86 bits per heavy atom. The second-order valence-electron chi connectivity index (χ2n) is 7.98. The van der Waals surface area contributed by atoms with Crippen molar-refractivity contribution in [2.24, 2.45) is 0 Å². The van der Waals surface area contributed by atoms with E-state index < -0.39 is 23.7 Å². The van der Waals surface area contributed by atoms with Crippen LogP contribution in [0.25, 0.3) is 5.76 Å². The number of anilines is 1. The van der Waals surface area contributed by atoms with Crippen LogP contribution in [0.3, 0.4) is 0 Å². The molecule has 2 heterocycles. The molecule has 2 aromatic carbocycles. The van der Waals surface area contributed by atoms with Gasteiger partial charge in [-0.25, -0.2) is 9.78 Å². The highest BCUT2D eigenvalue weighted by Gasteiger charge is 2.48. The zero-order valence-corrected chi connectivity index (χ0v) is 21.6. The van der Waals surface area contributed by atoms with Gasteiger partial charge in [-0.2, -0.15) is 0 Å². The molecule has 3 aromatic rings. The number of hydrogen-bond donors (Lipinski definition) is 1. The maximum atomic E-state index is 13.3. The Hall–Kier alpha value is -3.95. The van der Waals surface area contributed by atoms with Gasteiger partial charge in [-0.15, -0.1) is 0 Å². The Morgan fingerprint density at radius 3 is 2.49 bits per heavy atom. The molecule has 1 aromatic heterocycles. The fraction of sp³-hybridized carbons (Fsp3) is 0.185. The first-order valence-electron chi connectivity index (χ1n) is 11.3. The standard InChI is InChI=1S/C27H23ClN2O6S/c1-4-14-36-19-12-8-17(9-13-19)22(31)20-21(16-6-10-18(28)11-7-16)30(25(33)23(20)32)27-29-15(3)24(37-27)26(34)35-5-2/h4,6-13,21,31H,1,5,14H2,2-3H3/b22-20+. The van der Waals surface area contributed by atoms with Crippen LogP contribution in [-0.4, -0.2) is 41.0 Å². The van der Waals surface area contributed by atoms with E-state index in [-0.39, 0.29) is 27.9 Å². The molecule has 190 valence electrons. The van der Waals surface area contributed by atoms with E-state index in [2.05, 4.69) is 11.6 Å². The number of aromatic nitrogens is 1. The Labute approximate surface area is 222 Å². The number of aliphatic hydroxyl groups excluding tert-OH is 1. The average molecular weight is 539 g/mol. The number of Topliss-reactive ketones (excluding diaryl/α,β-unsaturated/α-hetero) is 1. The number of benzene rings is 2. The van der Waals surface area contributed by atoms with E-state index in [1.807, 2.05) is 0 Å². The van der Waals surface area contributed by atoms with Crippen LogP contribution < -0.4 is 9.64 Å². The quantitative estimate of drug-likeness (QED) is 0.133. The van der Waals surface area contributed by atoms with Crippen molar-refractivity contribution >= 4 is 51.5 Å². The van der Waals surface area contributed by atoms with Crippen LogP contribution in [-0.2, 0) is 14.3 Å². The molecule has 8 nitrogen and oxygen atoms in total. The summed E-state index contributed by atoms with van der Waals surface area (Å²) in [7, 11) is 0. The van der Waals surface area contributed by atoms with Gasteiger partial charge in [-0.1, -0.05) is 47.7 Å². The van der Waals surface area contributed by atoms with E-state index in [1.165, 1.54) is 4.90 Å². The van der Waals surface area contributed by atoms with Crippen molar-refractivity contribution in [2.45, 2.75) is 19.9 Å². The van der Waals surface area contributed by atoms with Crippen molar-refractivity contribution < 1.29 is 29.0 Å². The van der Waals surface area contributed by atoms with Gasteiger partial charge in [0.05, 0.1) is 23.9 Å². The van der Waals surface area contributed by atoms with E-state index in [4.69, 9.17) is 21.1 Å². The molecule has 1 atom stereocenters. The summed E-state index contributed by atoms with van der Waals surface area (Å²) in [5.74, 6) is -2.13. The van der Waals surface area contributed by atoms with Gasteiger partial charge in [-0.3, -0.25) is 14.5 Å². The minimum atomic E-state index is -1.01. The van der Waals surface area contributed by atoms with E-state index in [9.17, 15) is 19.5 Å². The van der Waals surface area contributed by atoms with Gasteiger partial charge in [0.1, 0.15) is 23.0 Å². The molecule has 10 heteroatoms. The van der Waals surface area contributed by atoms with E-state index >= 15 is 0 Å². The number of rotatable bonds is 8. The Balaban J connectivity index is 1.84. The molecule has 0 radical (unpaired) electrons. The molecule has 37 heavy (non-hydrogen) atoms. The Kier molecular flexibility index (Phi) is 7.75. The lowest BCUT2D eigenvalue weighted by atomic mass is 9.95.